The lowest BCUT2D eigenvalue weighted by atomic mass is 10.1. The number of halogens is 1. The highest BCUT2D eigenvalue weighted by atomic mass is 35.5. The van der Waals surface area contributed by atoms with Gasteiger partial charge in [-0.3, -0.25) is 9.36 Å². The van der Waals surface area contributed by atoms with E-state index in [2.05, 4.69) is 24.4 Å². The van der Waals surface area contributed by atoms with Crippen LogP contribution in [0.4, 0.5) is 0 Å². The fourth-order valence-electron chi connectivity index (χ4n) is 2.78. The first-order valence-electron chi connectivity index (χ1n) is 8.14. The van der Waals surface area contributed by atoms with Crippen LogP contribution in [-0.2, 0) is 17.8 Å². The van der Waals surface area contributed by atoms with Gasteiger partial charge in [0.05, 0.1) is 5.52 Å². The van der Waals surface area contributed by atoms with Gasteiger partial charge >= 0.3 is 5.76 Å². The molecule has 6 heteroatoms. The van der Waals surface area contributed by atoms with Crippen LogP contribution in [0.25, 0.3) is 11.1 Å². The minimum atomic E-state index is -0.482. The van der Waals surface area contributed by atoms with Crippen molar-refractivity contribution >= 4 is 28.6 Å². The zero-order chi connectivity index (χ0) is 17.8. The van der Waals surface area contributed by atoms with Crippen LogP contribution < -0.4 is 11.1 Å². The van der Waals surface area contributed by atoms with Gasteiger partial charge in [0, 0.05) is 30.6 Å². The average Bonchev–Trinajstić information content (AvgIpc) is 2.89. The third-order valence-corrected chi connectivity index (χ3v) is 4.41. The van der Waals surface area contributed by atoms with E-state index in [1.165, 1.54) is 15.7 Å². The molecule has 3 aromatic rings. The fourth-order valence-corrected chi connectivity index (χ4v) is 2.94. The highest BCUT2D eigenvalue weighted by Crippen LogP contribution is 2.18. The highest BCUT2D eigenvalue weighted by molar-refractivity contribution is 6.31. The summed E-state index contributed by atoms with van der Waals surface area (Å²) in [5, 5.41) is 3.39. The number of hydrogen-bond acceptors (Lipinski definition) is 3. The zero-order valence-corrected chi connectivity index (χ0v) is 14.7. The number of carbonyl (C=O) groups excluding carboxylic acids is 1. The summed E-state index contributed by atoms with van der Waals surface area (Å²) in [6, 6.07) is 13.1. The number of amides is 1. The van der Waals surface area contributed by atoms with Crippen molar-refractivity contribution in [1.82, 2.24) is 9.88 Å². The second-order valence-corrected chi connectivity index (χ2v) is 6.34. The second-order valence-electron chi connectivity index (χ2n) is 5.91. The van der Waals surface area contributed by atoms with Crippen LogP contribution in [-0.4, -0.2) is 17.0 Å². The summed E-state index contributed by atoms with van der Waals surface area (Å²) in [5.74, 6) is -0.575. The third-order valence-electron chi connectivity index (χ3n) is 4.17. The number of aromatic nitrogens is 1. The maximum absolute atomic E-state index is 12.0. The van der Waals surface area contributed by atoms with Gasteiger partial charge in [0.1, 0.15) is 0 Å². The predicted molar refractivity (Wildman–Crippen MR) is 98.0 cm³/mol. The Bertz CT molecular complexity index is 959. The molecule has 0 aliphatic carbocycles. The maximum Gasteiger partial charge on any atom is 0.419 e. The van der Waals surface area contributed by atoms with E-state index in [9.17, 15) is 9.59 Å². The van der Waals surface area contributed by atoms with E-state index >= 15 is 0 Å². The quantitative estimate of drug-likeness (QED) is 0.735. The van der Waals surface area contributed by atoms with Gasteiger partial charge in [0.2, 0.25) is 5.91 Å². The van der Waals surface area contributed by atoms with E-state index in [1.54, 1.807) is 18.2 Å². The third kappa shape index (κ3) is 4.12. The van der Waals surface area contributed by atoms with Crippen molar-refractivity contribution in [2.75, 3.05) is 6.54 Å². The molecule has 25 heavy (non-hydrogen) atoms. The van der Waals surface area contributed by atoms with Crippen molar-refractivity contribution in [3.8, 4) is 0 Å². The Labute approximate surface area is 150 Å². The number of oxazole rings is 1. The van der Waals surface area contributed by atoms with Crippen molar-refractivity contribution in [2.45, 2.75) is 26.3 Å². The van der Waals surface area contributed by atoms with Gasteiger partial charge in [0.25, 0.3) is 0 Å². The average molecular weight is 359 g/mol. The monoisotopic (exact) mass is 358 g/mol. The Balaban J connectivity index is 1.55. The molecular weight excluding hydrogens is 340 g/mol. The van der Waals surface area contributed by atoms with Gasteiger partial charge in [-0.2, -0.15) is 0 Å². The number of benzene rings is 2. The van der Waals surface area contributed by atoms with E-state index in [4.69, 9.17) is 16.0 Å². The smallest absolute Gasteiger partial charge is 0.408 e. The molecule has 0 fully saturated rings. The van der Waals surface area contributed by atoms with Crippen LogP contribution in [0.1, 0.15) is 17.5 Å². The van der Waals surface area contributed by atoms with Gasteiger partial charge in [0.15, 0.2) is 5.58 Å². The lowest BCUT2D eigenvalue weighted by molar-refractivity contribution is -0.121. The van der Waals surface area contributed by atoms with Crippen molar-refractivity contribution in [3.63, 3.8) is 0 Å². The van der Waals surface area contributed by atoms with Crippen LogP contribution >= 0.6 is 11.6 Å². The standard InChI is InChI=1S/C19H19ClN2O3/c1-13-4-2-3-5-14(13)8-10-21-18(23)9-11-22-16-7-6-15(20)12-17(16)25-19(22)24/h2-7,12H,8-11H2,1H3,(H,21,23). The number of carbonyl (C=O) groups is 1. The predicted octanol–water partition coefficient (Wildman–Crippen LogP) is 3.31. The molecule has 0 spiro atoms. The Morgan fingerprint density at radius 3 is 2.84 bits per heavy atom. The van der Waals surface area contributed by atoms with E-state index in [-0.39, 0.29) is 18.9 Å². The molecule has 0 atom stereocenters. The van der Waals surface area contributed by atoms with Gasteiger partial charge in [-0.25, -0.2) is 4.79 Å². The van der Waals surface area contributed by atoms with Crippen LogP contribution in [0, 0.1) is 6.92 Å². The molecular formula is C19H19ClN2O3. The topological polar surface area (TPSA) is 64.2 Å². The van der Waals surface area contributed by atoms with Gasteiger partial charge in [-0.1, -0.05) is 35.9 Å². The first-order valence-corrected chi connectivity index (χ1v) is 8.52. The summed E-state index contributed by atoms with van der Waals surface area (Å²) >= 11 is 5.89. The van der Waals surface area contributed by atoms with Gasteiger partial charge < -0.3 is 9.73 Å². The lowest BCUT2D eigenvalue weighted by Gasteiger charge is -2.08. The summed E-state index contributed by atoms with van der Waals surface area (Å²) in [7, 11) is 0. The van der Waals surface area contributed by atoms with Crippen LogP contribution in [0.3, 0.4) is 0 Å². The summed E-state index contributed by atoms with van der Waals surface area (Å²) in [6.07, 6.45) is 0.996. The number of nitrogens with zero attached hydrogens (tertiary/aromatic N) is 1. The largest absolute Gasteiger partial charge is 0.419 e. The lowest BCUT2D eigenvalue weighted by Crippen LogP contribution is -2.28. The molecule has 1 N–H and O–H groups in total. The zero-order valence-electron chi connectivity index (χ0n) is 13.9. The first kappa shape index (κ1) is 17.3. The van der Waals surface area contributed by atoms with Crippen molar-refractivity contribution < 1.29 is 9.21 Å². The van der Waals surface area contributed by atoms with Crippen molar-refractivity contribution in [1.29, 1.82) is 0 Å². The molecule has 2 aromatic carbocycles. The maximum atomic E-state index is 12.0. The molecule has 0 radical (unpaired) electrons. The van der Waals surface area contributed by atoms with Crippen LogP contribution in [0.2, 0.25) is 5.02 Å². The number of fused-ring (bicyclic) bond motifs is 1. The normalized spacial score (nSPS) is 11.0. The van der Waals surface area contributed by atoms with E-state index in [0.29, 0.717) is 22.7 Å². The molecule has 5 nitrogen and oxygen atoms in total. The Morgan fingerprint density at radius 1 is 1.24 bits per heavy atom. The SMILES string of the molecule is Cc1ccccc1CCNC(=O)CCn1c(=O)oc2cc(Cl)ccc21. The molecule has 0 unspecified atom stereocenters. The molecule has 0 saturated carbocycles. The summed E-state index contributed by atoms with van der Waals surface area (Å²) in [4.78, 5) is 24.0. The molecule has 3 rings (SSSR count). The molecule has 1 aromatic heterocycles. The number of hydrogen-bond donors (Lipinski definition) is 1. The minimum Gasteiger partial charge on any atom is -0.408 e. The van der Waals surface area contributed by atoms with Gasteiger partial charge in [-0.05, 0) is 36.6 Å². The summed E-state index contributed by atoms with van der Waals surface area (Å²) in [5.41, 5.74) is 3.50. The van der Waals surface area contributed by atoms with Crippen molar-refractivity contribution in [2.24, 2.45) is 0 Å². The molecule has 1 heterocycles. The summed E-state index contributed by atoms with van der Waals surface area (Å²) < 4.78 is 6.61. The van der Waals surface area contributed by atoms with Gasteiger partial charge in [-0.15, -0.1) is 0 Å². The highest BCUT2D eigenvalue weighted by Gasteiger charge is 2.11. The number of aryl methyl sites for hydroxylation is 2. The molecule has 0 saturated heterocycles. The van der Waals surface area contributed by atoms with E-state index in [1.807, 2.05) is 12.1 Å². The molecule has 130 valence electrons. The second kappa shape index (κ2) is 7.57. The molecule has 0 aliphatic rings. The minimum absolute atomic E-state index is 0.0937. The molecule has 1 amide bonds. The Hall–Kier alpha value is -2.53. The molecule has 0 aliphatic heterocycles. The van der Waals surface area contributed by atoms with Crippen molar-refractivity contribution in [3.05, 3.63) is 69.2 Å². The summed E-state index contributed by atoms with van der Waals surface area (Å²) in [6.45, 7) is 2.89. The Kier molecular flexibility index (Phi) is 5.24. The first-order chi connectivity index (χ1) is 12.0. The number of nitrogens with one attached hydrogen (secondary N) is 1. The van der Waals surface area contributed by atoms with E-state index < -0.39 is 5.76 Å². The van der Waals surface area contributed by atoms with Crippen LogP contribution in [0.5, 0.6) is 0 Å². The number of rotatable bonds is 6. The molecule has 0 bridgehead atoms. The Morgan fingerprint density at radius 2 is 2.04 bits per heavy atom. The fraction of sp³-hybridized carbons (Fsp3) is 0.263. The van der Waals surface area contributed by atoms with E-state index in [0.717, 1.165) is 6.42 Å². The van der Waals surface area contributed by atoms with Crippen LogP contribution in [0.15, 0.2) is 51.7 Å².